The molecule has 0 aromatic heterocycles. The van der Waals surface area contributed by atoms with E-state index in [9.17, 15) is 0 Å². The van der Waals surface area contributed by atoms with Crippen LogP contribution >= 0.6 is 0 Å². The molecule has 0 saturated carbocycles. The van der Waals surface area contributed by atoms with E-state index in [1.807, 2.05) is 72.8 Å². The summed E-state index contributed by atoms with van der Waals surface area (Å²) in [4.78, 5) is 3.96. The average Bonchev–Trinajstić information content (AvgIpc) is 3.10. The van der Waals surface area contributed by atoms with Crippen LogP contribution in [0.3, 0.4) is 0 Å². The van der Waals surface area contributed by atoms with Gasteiger partial charge in [-0.05, 0) is 76.4 Å². The third-order valence-electron chi connectivity index (χ3n) is 9.03. The van der Waals surface area contributed by atoms with Crippen LogP contribution in [0, 0.1) is 11.6 Å². The Hall–Kier alpha value is -5.88. The third kappa shape index (κ3) is 3.90. The molecule has 2 aliphatic rings. The van der Waals surface area contributed by atoms with Gasteiger partial charge >= 0.3 is 0 Å². The predicted octanol–water partition coefficient (Wildman–Crippen LogP) is 8.99. The lowest BCUT2D eigenvalue weighted by Crippen LogP contribution is -2.59. The summed E-state index contributed by atoms with van der Waals surface area (Å²) in [6.07, 6.45) is 0. The summed E-state index contributed by atoms with van der Waals surface area (Å²) in [5.41, 5.74) is 7.25. The van der Waals surface area contributed by atoms with E-state index in [2.05, 4.69) is 65.6 Å². The van der Waals surface area contributed by atoms with Crippen LogP contribution < -0.4 is 30.9 Å². The number of nitrogens with zero attached hydrogens (tertiary/aromatic N) is 2. The minimum absolute atomic E-state index is 0.103. The van der Waals surface area contributed by atoms with Gasteiger partial charge < -0.3 is 14.5 Å². The number of halogens is 2. The quantitative estimate of drug-likeness (QED) is 0.188. The smallest absolute Gasteiger partial charge is 0.257 e. The van der Waals surface area contributed by atoms with E-state index in [4.69, 9.17) is 4.74 Å². The SMILES string of the molecule is Fc1cccc(F)c1N1c2ccccc2B2c3c(cccc31)Oc1cc(N(c3ccccc3)c3ccccc3)c3ccccc3c12. The highest BCUT2D eigenvalue weighted by Crippen LogP contribution is 2.46. The molecular weight excluding hydrogens is 573 g/mol. The van der Waals surface area contributed by atoms with Crippen molar-refractivity contribution >= 4 is 68.0 Å². The van der Waals surface area contributed by atoms with Crippen molar-refractivity contribution in [3.63, 3.8) is 0 Å². The Kier molecular flexibility index (Phi) is 5.97. The van der Waals surface area contributed by atoms with Crippen molar-refractivity contribution in [3.05, 3.63) is 163 Å². The molecule has 0 spiro atoms. The fourth-order valence-corrected chi connectivity index (χ4v) is 7.19. The number of rotatable bonds is 4. The molecule has 0 N–H and O–H groups in total. The number of hydrogen-bond acceptors (Lipinski definition) is 3. The summed E-state index contributed by atoms with van der Waals surface area (Å²) in [6, 6.07) is 48.9. The van der Waals surface area contributed by atoms with Crippen LogP contribution in [0.25, 0.3) is 10.8 Å². The highest BCUT2D eigenvalue weighted by atomic mass is 19.1. The van der Waals surface area contributed by atoms with Crippen LogP contribution in [-0.4, -0.2) is 6.71 Å². The van der Waals surface area contributed by atoms with Crippen molar-refractivity contribution in [1.82, 2.24) is 0 Å². The molecule has 218 valence electrons. The topological polar surface area (TPSA) is 15.7 Å². The van der Waals surface area contributed by atoms with Crippen molar-refractivity contribution in [2.45, 2.75) is 0 Å². The zero-order chi connectivity index (χ0) is 30.8. The Balaban J connectivity index is 1.33. The number of hydrogen-bond donors (Lipinski definition) is 0. The maximum absolute atomic E-state index is 15.4. The first kappa shape index (κ1) is 26.5. The van der Waals surface area contributed by atoms with E-state index in [1.54, 1.807) is 4.90 Å². The Morgan fingerprint density at radius 1 is 0.522 bits per heavy atom. The number of ether oxygens (including phenoxy) is 1. The maximum Gasteiger partial charge on any atom is 0.257 e. The van der Waals surface area contributed by atoms with Gasteiger partial charge in [-0.2, -0.15) is 0 Å². The second kappa shape index (κ2) is 10.4. The van der Waals surface area contributed by atoms with Gasteiger partial charge in [0, 0.05) is 34.2 Å². The summed E-state index contributed by atoms with van der Waals surface area (Å²) >= 11 is 0. The molecule has 46 heavy (non-hydrogen) atoms. The van der Waals surface area contributed by atoms with Gasteiger partial charge in [0.2, 0.25) is 0 Å². The van der Waals surface area contributed by atoms with Gasteiger partial charge in [-0.15, -0.1) is 0 Å². The van der Waals surface area contributed by atoms with Gasteiger partial charge in [0.15, 0.2) is 0 Å². The molecule has 7 aromatic rings. The van der Waals surface area contributed by atoms with Gasteiger partial charge in [-0.3, -0.25) is 0 Å². The largest absolute Gasteiger partial charge is 0.458 e. The standard InChI is InChI=1S/C40H25BF2N2O/c42-31-20-11-21-32(43)40(31)45-33-22-10-9-19-30(33)41-38-29-18-8-7-17-28(29)35(25-37(38)46-36-24-12-23-34(45)39(36)41)44(26-13-3-1-4-14-26)27-15-5-2-6-16-27/h1-25H. The summed E-state index contributed by atoms with van der Waals surface area (Å²) in [7, 11) is 0. The molecule has 0 unspecified atom stereocenters. The summed E-state index contributed by atoms with van der Waals surface area (Å²) in [6.45, 7) is -0.224. The predicted molar refractivity (Wildman–Crippen MR) is 184 cm³/mol. The Morgan fingerprint density at radius 3 is 1.83 bits per heavy atom. The summed E-state index contributed by atoms with van der Waals surface area (Å²) in [5, 5.41) is 2.12. The number of benzene rings is 7. The molecule has 7 aromatic carbocycles. The van der Waals surface area contributed by atoms with E-state index < -0.39 is 11.6 Å². The molecule has 0 atom stereocenters. The number of fused-ring (bicyclic) bond motifs is 6. The number of para-hydroxylation sites is 4. The summed E-state index contributed by atoms with van der Waals surface area (Å²) in [5.74, 6) is 0.166. The average molecular weight is 598 g/mol. The van der Waals surface area contributed by atoms with Crippen molar-refractivity contribution < 1.29 is 13.5 Å². The van der Waals surface area contributed by atoms with Gasteiger partial charge in [0.25, 0.3) is 6.71 Å². The molecule has 6 heteroatoms. The van der Waals surface area contributed by atoms with E-state index in [0.29, 0.717) is 11.4 Å². The van der Waals surface area contributed by atoms with Crippen LogP contribution in [0.2, 0.25) is 0 Å². The van der Waals surface area contributed by atoms with Crippen LogP contribution in [0.5, 0.6) is 11.5 Å². The highest BCUT2D eigenvalue weighted by Gasteiger charge is 2.43. The van der Waals surface area contributed by atoms with Crippen molar-refractivity contribution in [2.75, 3.05) is 9.80 Å². The fraction of sp³-hybridized carbons (Fsp3) is 0. The lowest BCUT2D eigenvalue weighted by atomic mass is 9.33. The van der Waals surface area contributed by atoms with Crippen LogP contribution in [0.4, 0.5) is 42.9 Å². The fourth-order valence-electron chi connectivity index (χ4n) is 7.19. The monoisotopic (exact) mass is 598 g/mol. The third-order valence-corrected chi connectivity index (χ3v) is 9.03. The molecule has 2 heterocycles. The molecular formula is C40H25BF2N2O. The van der Waals surface area contributed by atoms with Crippen LogP contribution in [0.15, 0.2) is 152 Å². The molecule has 3 nitrogen and oxygen atoms in total. The molecule has 2 aliphatic heterocycles. The van der Waals surface area contributed by atoms with E-state index in [1.165, 1.54) is 18.2 Å². The van der Waals surface area contributed by atoms with Crippen LogP contribution in [0.1, 0.15) is 0 Å². The summed E-state index contributed by atoms with van der Waals surface area (Å²) < 4.78 is 37.7. The first-order chi connectivity index (χ1) is 22.7. The molecule has 9 rings (SSSR count). The number of anilines is 6. The molecule has 0 amide bonds. The second-order valence-electron chi connectivity index (χ2n) is 11.5. The maximum atomic E-state index is 15.4. The highest BCUT2D eigenvalue weighted by molar-refractivity contribution is 7.00. The Morgan fingerprint density at radius 2 is 1.11 bits per heavy atom. The van der Waals surface area contributed by atoms with Gasteiger partial charge in [0.1, 0.15) is 28.8 Å². The molecule has 0 aliphatic carbocycles. The van der Waals surface area contributed by atoms with Crippen molar-refractivity contribution in [1.29, 1.82) is 0 Å². The molecule has 0 saturated heterocycles. The van der Waals surface area contributed by atoms with Crippen molar-refractivity contribution in [3.8, 4) is 11.5 Å². The first-order valence-electron chi connectivity index (χ1n) is 15.3. The molecule has 0 fully saturated rings. The zero-order valence-corrected chi connectivity index (χ0v) is 24.6. The van der Waals surface area contributed by atoms with E-state index in [-0.39, 0.29) is 12.4 Å². The van der Waals surface area contributed by atoms with Gasteiger partial charge in [-0.25, -0.2) is 8.78 Å². The second-order valence-corrected chi connectivity index (χ2v) is 11.5. The van der Waals surface area contributed by atoms with Crippen LogP contribution in [-0.2, 0) is 0 Å². The molecule has 0 bridgehead atoms. The molecule has 0 radical (unpaired) electrons. The van der Waals surface area contributed by atoms with E-state index >= 15 is 8.78 Å². The lowest BCUT2D eigenvalue weighted by molar-refractivity contribution is 0.488. The van der Waals surface area contributed by atoms with Gasteiger partial charge in [-0.1, -0.05) is 91.0 Å². The Bertz CT molecular complexity index is 2230. The van der Waals surface area contributed by atoms with E-state index in [0.717, 1.165) is 55.7 Å². The minimum atomic E-state index is -0.625. The minimum Gasteiger partial charge on any atom is -0.458 e. The zero-order valence-electron chi connectivity index (χ0n) is 24.6. The normalized spacial score (nSPS) is 12.7. The Labute approximate surface area is 265 Å². The lowest BCUT2D eigenvalue weighted by Gasteiger charge is -2.40. The van der Waals surface area contributed by atoms with Gasteiger partial charge in [0.05, 0.1) is 5.69 Å². The first-order valence-corrected chi connectivity index (χ1v) is 15.3. The van der Waals surface area contributed by atoms with Crippen molar-refractivity contribution in [2.24, 2.45) is 0 Å².